The number of benzene rings is 2. The average Bonchev–Trinajstić information content (AvgIpc) is 3.69. The van der Waals surface area contributed by atoms with Gasteiger partial charge in [0.15, 0.2) is 0 Å². The summed E-state index contributed by atoms with van der Waals surface area (Å²) in [4.78, 5) is 20.7. The van der Waals surface area contributed by atoms with Gasteiger partial charge in [-0.25, -0.2) is 54.6 Å². The molecule has 0 atom stereocenters. The molecule has 0 aliphatic rings. The summed E-state index contributed by atoms with van der Waals surface area (Å²) in [5, 5.41) is 0. The second kappa shape index (κ2) is 16.4. The molecule has 4 aromatic heterocycles. The van der Waals surface area contributed by atoms with Crippen molar-refractivity contribution in [3.8, 4) is 0 Å². The molecule has 18 heteroatoms. The molecule has 294 valence electrons. The lowest BCUT2D eigenvalue weighted by Gasteiger charge is -2.23. The number of hydrogen-bond donors (Lipinski definition) is 1. The molecule has 0 fully saturated rings. The summed E-state index contributed by atoms with van der Waals surface area (Å²) in [7, 11) is 2.10. The van der Waals surface area contributed by atoms with Crippen molar-refractivity contribution in [1.29, 1.82) is 0 Å². The van der Waals surface area contributed by atoms with Gasteiger partial charge in [-0.15, -0.1) is 0 Å². The van der Waals surface area contributed by atoms with Gasteiger partial charge < -0.3 is 18.9 Å². The van der Waals surface area contributed by atoms with Crippen LogP contribution in [0.25, 0.3) is 22.1 Å². The Labute approximate surface area is 320 Å². The molecule has 6 aromatic rings. The third-order valence-electron chi connectivity index (χ3n) is 9.23. The molecule has 0 aliphatic carbocycles. The molecular formula is C37H46F2N10O4S2. The van der Waals surface area contributed by atoms with E-state index < -0.39 is 31.7 Å². The van der Waals surface area contributed by atoms with Crippen LogP contribution < -0.4 is 14.5 Å². The Bertz CT molecular complexity index is 2580. The predicted molar refractivity (Wildman–Crippen MR) is 213 cm³/mol. The minimum absolute atomic E-state index is 0.0476. The van der Waals surface area contributed by atoms with Crippen molar-refractivity contribution in [3.63, 3.8) is 0 Å². The number of nitrogens with zero attached hydrogens (tertiary/aromatic N) is 9. The van der Waals surface area contributed by atoms with Gasteiger partial charge in [0.05, 0.1) is 60.0 Å². The van der Waals surface area contributed by atoms with E-state index in [9.17, 15) is 21.2 Å². The maximum absolute atomic E-state index is 15.1. The smallest absolute Gasteiger partial charge is 0.211 e. The monoisotopic (exact) mass is 796 g/mol. The molecule has 0 saturated heterocycles. The molecule has 55 heavy (non-hydrogen) atoms. The van der Waals surface area contributed by atoms with Gasteiger partial charge in [-0.05, 0) is 47.2 Å². The second-order valence-electron chi connectivity index (χ2n) is 13.4. The molecule has 2 aromatic carbocycles. The van der Waals surface area contributed by atoms with E-state index in [1.54, 1.807) is 48.9 Å². The molecule has 14 nitrogen and oxygen atoms in total. The lowest BCUT2D eigenvalue weighted by atomic mass is 10.0. The first kappa shape index (κ1) is 41.1. The van der Waals surface area contributed by atoms with E-state index in [-0.39, 0.29) is 13.1 Å². The highest BCUT2D eigenvalue weighted by atomic mass is 32.2. The van der Waals surface area contributed by atoms with Crippen molar-refractivity contribution in [2.75, 3.05) is 43.5 Å². The first-order valence-corrected chi connectivity index (χ1v) is 21.0. The minimum atomic E-state index is -3.34. The molecule has 6 rings (SSSR count). The van der Waals surface area contributed by atoms with Gasteiger partial charge in [-0.3, -0.25) is 0 Å². The molecule has 0 unspecified atom stereocenters. The number of aryl methyl sites for hydroxylation is 4. The normalized spacial score (nSPS) is 12.0. The van der Waals surface area contributed by atoms with Gasteiger partial charge in [-0.2, -0.15) is 0 Å². The largest absolute Gasteiger partial charge is 0.334 e. The third-order valence-corrected chi connectivity index (χ3v) is 11.2. The Hall–Kier alpha value is -5.04. The number of sulfonamides is 2. The lowest BCUT2D eigenvalue weighted by molar-refractivity contribution is 0.470. The van der Waals surface area contributed by atoms with Gasteiger partial charge in [0.1, 0.15) is 34.3 Å². The first-order chi connectivity index (χ1) is 25.8. The van der Waals surface area contributed by atoms with Crippen molar-refractivity contribution in [2.45, 2.75) is 39.8 Å². The lowest BCUT2D eigenvalue weighted by Crippen LogP contribution is -2.25. The quantitative estimate of drug-likeness (QED) is 0.173. The van der Waals surface area contributed by atoms with Crippen molar-refractivity contribution < 1.29 is 25.6 Å². The van der Waals surface area contributed by atoms with Crippen LogP contribution in [0.4, 0.5) is 31.8 Å². The fourth-order valence-electron chi connectivity index (χ4n) is 6.14. The topological polar surface area (TPSA) is 151 Å². The summed E-state index contributed by atoms with van der Waals surface area (Å²) < 4.78 is 83.2. The van der Waals surface area contributed by atoms with Crippen LogP contribution in [0, 0.1) is 11.6 Å². The van der Waals surface area contributed by atoms with Crippen LogP contribution in [-0.2, 0) is 60.1 Å². The van der Waals surface area contributed by atoms with E-state index in [1.165, 1.54) is 23.5 Å². The number of nitrogens with one attached hydrogen (secondary N) is 1. The van der Waals surface area contributed by atoms with Crippen LogP contribution in [0.5, 0.6) is 0 Å². The van der Waals surface area contributed by atoms with E-state index >= 15 is 4.39 Å². The summed E-state index contributed by atoms with van der Waals surface area (Å²) in [6, 6.07) is 10.1. The average molecular weight is 797 g/mol. The Kier molecular flexibility index (Phi) is 12.2. The number of anilines is 4. The zero-order valence-electron chi connectivity index (χ0n) is 32.3. The number of rotatable bonds is 12. The number of aromatic nitrogens is 6. The Morgan fingerprint density at radius 3 is 1.53 bits per heavy atom. The summed E-state index contributed by atoms with van der Waals surface area (Å²) in [5.41, 5.74) is 6.94. The molecule has 1 N–H and O–H groups in total. The maximum atomic E-state index is 15.1. The SMILES string of the molecule is CCc1cc(CN(C)S(C)(=O)=O)cc(F)c1N(C)c1cc2c(cn1)ncn2C.CCc1cc(CNS(C)(=O)=O)cc(F)c1N(C)c1cc2c(cn1)ncn2C. The zero-order valence-corrected chi connectivity index (χ0v) is 34.0. The van der Waals surface area contributed by atoms with Crippen LogP contribution in [0.1, 0.15) is 36.1 Å². The van der Waals surface area contributed by atoms with Crippen LogP contribution in [0.2, 0.25) is 0 Å². The standard InChI is InChI=1S/C19H24FN5O2S.C18H22FN5O2S/c1-6-14-7-13(11-24(3)28(5,26)27)8-15(20)19(14)25(4)18-9-17-16(10-21-18)22-12-23(17)2;1-5-13-6-12(9-22-27(4,25)26)7-14(19)18(13)24(3)17-8-16-15(10-20-17)21-11-23(16)2/h7-10,12H,6,11H2,1-5H3;6-8,10-11,22H,5,9H2,1-4H3. The molecule has 0 spiro atoms. The Morgan fingerprint density at radius 1 is 0.673 bits per heavy atom. The number of fused-ring (bicyclic) bond motifs is 2. The number of imidazole rings is 2. The Morgan fingerprint density at radius 2 is 1.11 bits per heavy atom. The van der Waals surface area contributed by atoms with E-state index in [0.29, 0.717) is 47.0 Å². The van der Waals surface area contributed by atoms with Crippen molar-refractivity contribution in [1.82, 2.24) is 38.1 Å². The maximum Gasteiger partial charge on any atom is 0.211 e. The fourth-order valence-corrected chi connectivity index (χ4v) is 6.96. The van der Waals surface area contributed by atoms with E-state index in [4.69, 9.17) is 0 Å². The molecule has 0 radical (unpaired) electrons. The molecular weight excluding hydrogens is 751 g/mol. The zero-order chi connectivity index (χ0) is 40.4. The van der Waals surface area contributed by atoms with Crippen LogP contribution in [0.3, 0.4) is 0 Å². The van der Waals surface area contributed by atoms with Crippen molar-refractivity contribution in [3.05, 3.63) is 95.3 Å². The van der Waals surface area contributed by atoms with Gasteiger partial charge in [-0.1, -0.05) is 26.0 Å². The highest BCUT2D eigenvalue weighted by molar-refractivity contribution is 7.88. The van der Waals surface area contributed by atoms with Gasteiger partial charge in [0, 0.05) is 60.5 Å². The summed E-state index contributed by atoms with van der Waals surface area (Å²) >= 11 is 0. The number of hydrogen-bond acceptors (Lipinski definition) is 10. The van der Waals surface area contributed by atoms with Gasteiger partial charge >= 0.3 is 0 Å². The van der Waals surface area contributed by atoms with Crippen molar-refractivity contribution >= 4 is 65.1 Å². The predicted octanol–water partition coefficient (Wildman–Crippen LogP) is 5.32. The summed E-state index contributed by atoms with van der Waals surface area (Å²) in [6.07, 6.45) is 10.1. The van der Waals surface area contributed by atoms with E-state index in [1.807, 2.05) is 61.3 Å². The number of pyridine rings is 2. The number of halogens is 2. The first-order valence-electron chi connectivity index (χ1n) is 17.3. The highest BCUT2D eigenvalue weighted by Crippen LogP contribution is 2.33. The molecule has 0 amide bonds. The molecule has 0 saturated carbocycles. The highest BCUT2D eigenvalue weighted by Gasteiger charge is 2.20. The molecule has 0 aliphatic heterocycles. The molecule has 4 heterocycles. The van der Waals surface area contributed by atoms with Gasteiger partial charge in [0.25, 0.3) is 0 Å². The second-order valence-corrected chi connectivity index (χ2v) is 17.3. The minimum Gasteiger partial charge on any atom is -0.334 e. The third kappa shape index (κ3) is 9.44. The summed E-state index contributed by atoms with van der Waals surface area (Å²) in [6.45, 7) is 4.03. The van der Waals surface area contributed by atoms with E-state index in [0.717, 1.165) is 45.7 Å². The van der Waals surface area contributed by atoms with Crippen LogP contribution in [0.15, 0.2) is 61.4 Å². The van der Waals surface area contributed by atoms with Crippen LogP contribution in [-0.4, -0.2) is 83.9 Å². The van der Waals surface area contributed by atoms with Crippen molar-refractivity contribution in [2.24, 2.45) is 14.1 Å². The Balaban J connectivity index is 0.000000211. The van der Waals surface area contributed by atoms with E-state index in [2.05, 4.69) is 24.7 Å². The van der Waals surface area contributed by atoms with Gasteiger partial charge in [0.2, 0.25) is 20.0 Å². The fraction of sp³-hybridized carbons (Fsp3) is 0.351. The molecule has 0 bridgehead atoms. The van der Waals surface area contributed by atoms with Crippen LogP contribution >= 0.6 is 0 Å². The summed E-state index contributed by atoms with van der Waals surface area (Å²) in [5.74, 6) is 0.368.